The van der Waals surface area contributed by atoms with Crippen LogP contribution in [0.4, 0.5) is 5.69 Å². The first-order valence-electron chi connectivity index (χ1n) is 8.30. The number of amides is 1. The lowest BCUT2D eigenvalue weighted by Gasteiger charge is -2.11. The maximum atomic E-state index is 12.3. The Labute approximate surface area is 171 Å². The zero-order chi connectivity index (χ0) is 19.4. The van der Waals surface area contributed by atoms with Crippen LogP contribution in [0.3, 0.4) is 0 Å². The molecule has 0 aliphatic carbocycles. The fourth-order valence-corrected chi connectivity index (χ4v) is 4.50. The van der Waals surface area contributed by atoms with Crippen molar-refractivity contribution in [1.82, 2.24) is 4.98 Å². The van der Waals surface area contributed by atoms with E-state index in [9.17, 15) is 4.79 Å². The number of aromatic nitrogens is 1. The van der Waals surface area contributed by atoms with Crippen LogP contribution in [-0.2, 0) is 4.79 Å². The van der Waals surface area contributed by atoms with Gasteiger partial charge >= 0.3 is 0 Å². The van der Waals surface area contributed by atoms with Crippen LogP contribution in [0.2, 0.25) is 5.02 Å². The largest absolute Gasteiger partial charge is 0.495 e. The van der Waals surface area contributed by atoms with Gasteiger partial charge in [0.25, 0.3) is 0 Å². The molecule has 0 fully saturated rings. The van der Waals surface area contributed by atoms with Gasteiger partial charge in [-0.2, -0.15) is 0 Å². The number of methoxy groups -OCH3 is 1. The molecule has 0 unspecified atom stereocenters. The Kier molecular flexibility index (Phi) is 6.46. The third-order valence-electron chi connectivity index (χ3n) is 3.73. The summed E-state index contributed by atoms with van der Waals surface area (Å²) >= 11 is 9.05. The molecule has 0 saturated heterocycles. The van der Waals surface area contributed by atoms with Gasteiger partial charge in [-0.25, -0.2) is 4.98 Å². The molecule has 0 radical (unpaired) electrons. The van der Waals surface area contributed by atoms with Crippen LogP contribution in [0.25, 0.3) is 10.2 Å². The number of thioether (sulfide) groups is 1. The fraction of sp³-hybridized carbons (Fsp3) is 0.263. The van der Waals surface area contributed by atoms with Crippen LogP contribution in [-0.4, -0.2) is 30.4 Å². The molecule has 3 aromatic rings. The highest BCUT2D eigenvalue weighted by Crippen LogP contribution is 2.33. The van der Waals surface area contributed by atoms with Crippen molar-refractivity contribution in [2.24, 2.45) is 0 Å². The van der Waals surface area contributed by atoms with Crippen LogP contribution < -0.4 is 14.8 Å². The fourth-order valence-electron chi connectivity index (χ4n) is 2.45. The van der Waals surface area contributed by atoms with Crippen molar-refractivity contribution in [1.29, 1.82) is 0 Å². The molecule has 1 heterocycles. The van der Waals surface area contributed by atoms with E-state index < -0.39 is 0 Å². The molecule has 1 aromatic heterocycles. The number of ether oxygens (including phenoxy) is 2. The first kappa shape index (κ1) is 19.8. The van der Waals surface area contributed by atoms with Gasteiger partial charge in [0, 0.05) is 11.1 Å². The summed E-state index contributed by atoms with van der Waals surface area (Å²) in [5, 5.41) is 3.47. The topological polar surface area (TPSA) is 60.5 Å². The van der Waals surface area contributed by atoms with Crippen molar-refractivity contribution >= 4 is 56.5 Å². The van der Waals surface area contributed by atoms with Gasteiger partial charge in [0.1, 0.15) is 11.5 Å². The quantitative estimate of drug-likeness (QED) is 0.517. The number of thiazole rings is 1. The summed E-state index contributed by atoms with van der Waals surface area (Å²) in [6.07, 6.45) is 0. The molecule has 0 aliphatic heterocycles. The molecule has 0 aliphatic rings. The number of aryl methyl sites for hydroxylation is 1. The standard InChI is InChI=1S/C19H19ClN2O3S2/c1-4-25-12-5-6-14-17(8-12)27-19(22-14)26-10-18(23)21-15-7-11(2)13(20)9-16(15)24-3/h5-9H,4,10H2,1-3H3,(H,21,23). The second kappa shape index (κ2) is 8.82. The predicted molar refractivity (Wildman–Crippen MR) is 113 cm³/mol. The summed E-state index contributed by atoms with van der Waals surface area (Å²) < 4.78 is 12.7. The van der Waals surface area contributed by atoms with E-state index in [2.05, 4.69) is 10.3 Å². The first-order valence-corrected chi connectivity index (χ1v) is 10.5. The maximum Gasteiger partial charge on any atom is 0.234 e. The lowest BCUT2D eigenvalue weighted by atomic mass is 10.2. The van der Waals surface area contributed by atoms with E-state index in [0.29, 0.717) is 23.1 Å². The van der Waals surface area contributed by atoms with Gasteiger partial charge in [0.2, 0.25) is 5.91 Å². The Hall–Kier alpha value is -1.96. The van der Waals surface area contributed by atoms with Crippen molar-refractivity contribution in [3.63, 3.8) is 0 Å². The minimum absolute atomic E-state index is 0.130. The molecule has 8 heteroatoms. The molecular weight excluding hydrogens is 404 g/mol. The summed E-state index contributed by atoms with van der Waals surface area (Å²) in [5.74, 6) is 1.48. The highest BCUT2D eigenvalue weighted by molar-refractivity contribution is 8.01. The predicted octanol–water partition coefficient (Wildman–Crippen LogP) is 5.40. The van der Waals surface area contributed by atoms with Crippen LogP contribution >= 0.6 is 34.7 Å². The second-order valence-electron chi connectivity index (χ2n) is 5.68. The normalized spacial score (nSPS) is 10.8. The highest BCUT2D eigenvalue weighted by atomic mass is 35.5. The van der Waals surface area contributed by atoms with Gasteiger partial charge < -0.3 is 14.8 Å². The molecule has 1 N–H and O–H groups in total. The Morgan fingerprint density at radius 1 is 1.33 bits per heavy atom. The third kappa shape index (κ3) is 4.86. The van der Waals surface area contributed by atoms with Crippen molar-refractivity contribution in [2.45, 2.75) is 18.2 Å². The minimum atomic E-state index is -0.130. The number of halogens is 1. The zero-order valence-electron chi connectivity index (χ0n) is 15.2. The lowest BCUT2D eigenvalue weighted by Crippen LogP contribution is -2.14. The Morgan fingerprint density at radius 3 is 2.89 bits per heavy atom. The van der Waals surface area contributed by atoms with Gasteiger partial charge in [-0.1, -0.05) is 23.4 Å². The first-order chi connectivity index (χ1) is 13.0. The summed E-state index contributed by atoms with van der Waals surface area (Å²) in [5.41, 5.74) is 2.38. The summed E-state index contributed by atoms with van der Waals surface area (Å²) in [4.78, 5) is 16.9. The summed E-state index contributed by atoms with van der Waals surface area (Å²) in [6.45, 7) is 4.46. The molecule has 27 heavy (non-hydrogen) atoms. The number of anilines is 1. The molecule has 3 rings (SSSR count). The number of hydrogen-bond acceptors (Lipinski definition) is 6. The number of carbonyl (C=O) groups is 1. The molecule has 1 amide bonds. The number of benzene rings is 2. The third-order valence-corrected chi connectivity index (χ3v) is 6.30. The van der Waals surface area contributed by atoms with Crippen LogP contribution in [0.5, 0.6) is 11.5 Å². The van der Waals surface area contributed by atoms with E-state index in [0.717, 1.165) is 25.9 Å². The van der Waals surface area contributed by atoms with Crippen LogP contribution in [0.1, 0.15) is 12.5 Å². The molecular formula is C19H19ClN2O3S2. The molecule has 0 bridgehead atoms. The van der Waals surface area contributed by atoms with Gasteiger partial charge in [0.05, 0.1) is 35.4 Å². The van der Waals surface area contributed by atoms with E-state index in [1.54, 1.807) is 30.6 Å². The number of carbonyl (C=O) groups excluding carboxylic acids is 1. The lowest BCUT2D eigenvalue weighted by molar-refractivity contribution is -0.113. The smallest absolute Gasteiger partial charge is 0.234 e. The average molecular weight is 423 g/mol. The van der Waals surface area contributed by atoms with Crippen molar-refractivity contribution in [3.8, 4) is 11.5 Å². The van der Waals surface area contributed by atoms with E-state index in [-0.39, 0.29) is 11.7 Å². The number of fused-ring (bicyclic) bond motifs is 1. The maximum absolute atomic E-state index is 12.3. The van der Waals surface area contributed by atoms with Gasteiger partial charge in [-0.15, -0.1) is 11.3 Å². The van der Waals surface area contributed by atoms with Crippen molar-refractivity contribution < 1.29 is 14.3 Å². The highest BCUT2D eigenvalue weighted by Gasteiger charge is 2.12. The van der Waals surface area contributed by atoms with E-state index in [4.69, 9.17) is 21.1 Å². The molecule has 2 aromatic carbocycles. The Balaban J connectivity index is 1.65. The number of rotatable bonds is 7. The molecule has 5 nitrogen and oxygen atoms in total. The zero-order valence-corrected chi connectivity index (χ0v) is 17.6. The Bertz CT molecular complexity index is 975. The number of hydrogen-bond donors (Lipinski definition) is 1. The molecule has 142 valence electrons. The number of nitrogens with one attached hydrogen (secondary N) is 1. The summed E-state index contributed by atoms with van der Waals surface area (Å²) in [7, 11) is 1.54. The minimum Gasteiger partial charge on any atom is -0.495 e. The monoisotopic (exact) mass is 422 g/mol. The molecule has 0 saturated carbocycles. The average Bonchev–Trinajstić information content (AvgIpc) is 3.05. The summed E-state index contributed by atoms with van der Waals surface area (Å²) in [6, 6.07) is 9.31. The van der Waals surface area contributed by atoms with Crippen molar-refractivity contribution in [3.05, 3.63) is 40.9 Å². The van der Waals surface area contributed by atoms with E-state index in [1.165, 1.54) is 11.8 Å². The van der Waals surface area contributed by atoms with E-state index >= 15 is 0 Å². The number of nitrogens with zero attached hydrogens (tertiary/aromatic N) is 1. The SMILES string of the molecule is CCOc1ccc2nc(SCC(=O)Nc3cc(C)c(Cl)cc3OC)sc2c1. The van der Waals surface area contributed by atoms with Gasteiger partial charge in [-0.3, -0.25) is 4.79 Å². The Morgan fingerprint density at radius 2 is 2.15 bits per heavy atom. The van der Waals surface area contributed by atoms with Crippen molar-refractivity contribution in [2.75, 3.05) is 24.8 Å². The molecule has 0 atom stereocenters. The molecule has 0 spiro atoms. The second-order valence-corrected chi connectivity index (χ2v) is 8.34. The van der Waals surface area contributed by atoms with Crippen LogP contribution in [0, 0.1) is 6.92 Å². The van der Waals surface area contributed by atoms with E-state index in [1.807, 2.05) is 32.0 Å². The van der Waals surface area contributed by atoms with Gasteiger partial charge in [0.15, 0.2) is 4.34 Å². The van der Waals surface area contributed by atoms with Gasteiger partial charge in [-0.05, 0) is 43.7 Å². The van der Waals surface area contributed by atoms with Crippen LogP contribution in [0.15, 0.2) is 34.7 Å².